The van der Waals surface area contributed by atoms with Gasteiger partial charge >= 0.3 is 0 Å². The van der Waals surface area contributed by atoms with Crippen LogP contribution < -0.4 is 4.90 Å². The summed E-state index contributed by atoms with van der Waals surface area (Å²) in [4.78, 5) is 21.5. The summed E-state index contributed by atoms with van der Waals surface area (Å²) in [6.45, 7) is -0.347. The second-order valence-corrected chi connectivity index (χ2v) is 3.62. The van der Waals surface area contributed by atoms with Crippen LogP contribution in [0.3, 0.4) is 0 Å². The predicted octanol–water partition coefficient (Wildman–Crippen LogP) is 0.294. The molecular formula is C10H13N3O6. The molecule has 0 aliphatic carbocycles. The monoisotopic (exact) mass is 271 g/mol. The lowest BCUT2D eigenvalue weighted by molar-refractivity contribution is -0.393. The third kappa shape index (κ3) is 3.60. The van der Waals surface area contributed by atoms with Crippen molar-refractivity contribution in [1.29, 1.82) is 0 Å². The molecule has 9 nitrogen and oxygen atoms in total. The van der Waals surface area contributed by atoms with Gasteiger partial charge in [0.25, 0.3) is 11.4 Å². The van der Waals surface area contributed by atoms with Gasteiger partial charge in [-0.05, 0) is 6.07 Å². The van der Waals surface area contributed by atoms with Crippen molar-refractivity contribution in [3.8, 4) is 0 Å². The highest BCUT2D eigenvalue weighted by Crippen LogP contribution is 2.31. The van der Waals surface area contributed by atoms with Gasteiger partial charge in [-0.15, -0.1) is 0 Å². The zero-order valence-electron chi connectivity index (χ0n) is 9.93. The molecule has 0 unspecified atom stereocenters. The quantitative estimate of drug-likeness (QED) is 0.538. The van der Waals surface area contributed by atoms with Crippen LogP contribution in [0.1, 0.15) is 0 Å². The summed E-state index contributed by atoms with van der Waals surface area (Å²) in [5, 5.41) is 39.3. The van der Waals surface area contributed by atoms with E-state index in [4.69, 9.17) is 10.2 Å². The molecule has 0 spiro atoms. The van der Waals surface area contributed by atoms with Gasteiger partial charge < -0.3 is 15.1 Å². The molecule has 1 aromatic rings. The Kier molecular flexibility index (Phi) is 5.15. The summed E-state index contributed by atoms with van der Waals surface area (Å²) in [5.41, 5.74) is -0.696. The number of aliphatic hydroxyl groups is 2. The van der Waals surface area contributed by atoms with Crippen molar-refractivity contribution >= 4 is 17.1 Å². The number of non-ortho nitro benzene ring substituents is 1. The zero-order chi connectivity index (χ0) is 14.4. The van der Waals surface area contributed by atoms with Crippen molar-refractivity contribution in [2.24, 2.45) is 0 Å². The van der Waals surface area contributed by atoms with Crippen molar-refractivity contribution in [2.75, 3.05) is 31.2 Å². The highest BCUT2D eigenvalue weighted by atomic mass is 16.6. The van der Waals surface area contributed by atoms with Crippen LogP contribution in [-0.2, 0) is 0 Å². The Bertz CT molecular complexity index is 472. The van der Waals surface area contributed by atoms with Crippen molar-refractivity contribution in [1.82, 2.24) is 0 Å². The molecule has 0 fully saturated rings. The Morgan fingerprint density at radius 1 is 1.05 bits per heavy atom. The largest absolute Gasteiger partial charge is 0.395 e. The maximum Gasteiger partial charge on any atom is 0.299 e. The van der Waals surface area contributed by atoms with Crippen molar-refractivity contribution in [3.05, 3.63) is 38.4 Å². The molecule has 0 aliphatic rings. The number of rotatable bonds is 7. The number of aliphatic hydroxyl groups excluding tert-OH is 2. The van der Waals surface area contributed by atoms with Crippen LogP contribution >= 0.6 is 0 Å². The van der Waals surface area contributed by atoms with Gasteiger partial charge in [0.2, 0.25) is 0 Å². The summed E-state index contributed by atoms with van der Waals surface area (Å²) in [6, 6.07) is 3.24. The maximum atomic E-state index is 10.9. The number of anilines is 1. The smallest absolute Gasteiger partial charge is 0.299 e. The van der Waals surface area contributed by atoms with Crippen molar-refractivity contribution in [3.63, 3.8) is 0 Å². The zero-order valence-corrected chi connectivity index (χ0v) is 9.93. The Morgan fingerprint density at radius 3 is 2.05 bits per heavy atom. The summed E-state index contributed by atoms with van der Waals surface area (Å²) < 4.78 is 0. The molecular weight excluding hydrogens is 258 g/mol. The molecule has 0 aromatic heterocycles. The molecule has 0 saturated heterocycles. The van der Waals surface area contributed by atoms with E-state index in [9.17, 15) is 20.2 Å². The topological polar surface area (TPSA) is 130 Å². The Morgan fingerprint density at radius 2 is 1.63 bits per heavy atom. The molecule has 9 heteroatoms. The van der Waals surface area contributed by atoms with E-state index in [-0.39, 0.29) is 37.7 Å². The normalized spacial score (nSPS) is 10.2. The van der Waals surface area contributed by atoms with Crippen LogP contribution in [0.15, 0.2) is 18.2 Å². The van der Waals surface area contributed by atoms with E-state index in [1.807, 2.05) is 0 Å². The molecule has 0 aliphatic heterocycles. The average Bonchev–Trinajstić information content (AvgIpc) is 2.37. The summed E-state index contributed by atoms with van der Waals surface area (Å²) in [7, 11) is 0. The van der Waals surface area contributed by atoms with Gasteiger partial charge in [-0.1, -0.05) is 0 Å². The second kappa shape index (κ2) is 6.61. The first-order valence-corrected chi connectivity index (χ1v) is 5.40. The summed E-state index contributed by atoms with van der Waals surface area (Å²) in [6.07, 6.45) is 0. The molecule has 0 saturated carbocycles. The van der Waals surface area contributed by atoms with Crippen LogP contribution in [-0.4, -0.2) is 46.4 Å². The minimum Gasteiger partial charge on any atom is -0.395 e. The first-order chi connectivity index (χ1) is 9.01. The predicted molar refractivity (Wildman–Crippen MR) is 66.1 cm³/mol. The van der Waals surface area contributed by atoms with Gasteiger partial charge in [0.1, 0.15) is 5.69 Å². The number of nitrogens with zero attached hydrogens (tertiary/aromatic N) is 3. The van der Waals surface area contributed by atoms with E-state index in [0.29, 0.717) is 0 Å². The molecule has 1 aromatic carbocycles. The molecule has 0 atom stereocenters. The van der Waals surface area contributed by atoms with E-state index in [1.165, 1.54) is 11.0 Å². The molecule has 19 heavy (non-hydrogen) atoms. The first-order valence-electron chi connectivity index (χ1n) is 5.40. The molecule has 0 bridgehead atoms. The number of hydrogen-bond donors (Lipinski definition) is 2. The molecule has 0 amide bonds. The fourth-order valence-electron chi connectivity index (χ4n) is 1.63. The minimum absolute atomic E-state index is 0.0826. The van der Waals surface area contributed by atoms with Crippen molar-refractivity contribution in [2.45, 2.75) is 0 Å². The summed E-state index contributed by atoms with van der Waals surface area (Å²) >= 11 is 0. The van der Waals surface area contributed by atoms with Gasteiger partial charge in [-0.3, -0.25) is 20.2 Å². The van der Waals surface area contributed by atoms with Crippen LogP contribution in [0, 0.1) is 20.2 Å². The first kappa shape index (κ1) is 14.8. The van der Waals surface area contributed by atoms with Crippen molar-refractivity contribution < 1.29 is 20.1 Å². The molecule has 1 rings (SSSR count). The van der Waals surface area contributed by atoms with E-state index in [0.717, 1.165) is 12.1 Å². The lowest BCUT2D eigenvalue weighted by Gasteiger charge is -2.22. The number of benzene rings is 1. The van der Waals surface area contributed by atoms with Gasteiger partial charge in [0, 0.05) is 19.2 Å². The fraction of sp³-hybridized carbons (Fsp3) is 0.400. The molecule has 0 radical (unpaired) electrons. The third-order valence-corrected chi connectivity index (χ3v) is 2.45. The fourth-order valence-corrected chi connectivity index (χ4v) is 1.63. The molecule has 0 heterocycles. The second-order valence-electron chi connectivity index (χ2n) is 3.62. The van der Waals surface area contributed by atoms with Gasteiger partial charge in [-0.25, -0.2) is 0 Å². The van der Waals surface area contributed by atoms with Gasteiger partial charge in [-0.2, -0.15) is 0 Å². The van der Waals surface area contributed by atoms with Crippen LogP contribution in [0.2, 0.25) is 0 Å². The van der Waals surface area contributed by atoms with E-state index < -0.39 is 15.5 Å². The third-order valence-electron chi connectivity index (χ3n) is 2.45. The van der Waals surface area contributed by atoms with Crippen LogP contribution in [0.5, 0.6) is 0 Å². The standard InChI is InChI=1S/C10H13N3O6/c14-5-3-11(4-6-15)9-2-1-8(12(16)17)7-10(9)13(18)19/h1-2,7,14-15H,3-6H2. The van der Waals surface area contributed by atoms with Crippen LogP contribution in [0.4, 0.5) is 17.1 Å². The highest BCUT2D eigenvalue weighted by Gasteiger charge is 2.22. The lowest BCUT2D eigenvalue weighted by Crippen LogP contribution is -2.30. The van der Waals surface area contributed by atoms with E-state index in [2.05, 4.69) is 0 Å². The lowest BCUT2D eigenvalue weighted by atomic mass is 10.2. The maximum absolute atomic E-state index is 10.9. The minimum atomic E-state index is -0.732. The van der Waals surface area contributed by atoms with Gasteiger partial charge in [0.05, 0.1) is 29.1 Å². The van der Waals surface area contributed by atoms with E-state index in [1.54, 1.807) is 0 Å². The number of hydrogen-bond acceptors (Lipinski definition) is 7. The Labute approximate surface area is 108 Å². The van der Waals surface area contributed by atoms with E-state index >= 15 is 0 Å². The molecule has 104 valence electrons. The highest BCUT2D eigenvalue weighted by molar-refractivity contribution is 5.66. The Balaban J connectivity index is 3.24. The number of nitro benzene ring substituents is 2. The summed E-state index contributed by atoms with van der Waals surface area (Å²) in [5.74, 6) is 0. The van der Waals surface area contributed by atoms with Crippen LogP contribution in [0.25, 0.3) is 0 Å². The molecule has 2 N–H and O–H groups in total. The number of nitro groups is 2. The average molecular weight is 271 g/mol. The Hall–Kier alpha value is -2.26. The SMILES string of the molecule is O=[N+]([O-])c1ccc(N(CCO)CCO)c([N+](=O)[O-])c1. The van der Waals surface area contributed by atoms with Gasteiger partial charge in [0.15, 0.2) is 0 Å².